The van der Waals surface area contributed by atoms with Crippen molar-refractivity contribution in [2.75, 3.05) is 13.2 Å². The van der Waals surface area contributed by atoms with E-state index in [0.717, 1.165) is 0 Å². The molecule has 1 aliphatic rings. The van der Waals surface area contributed by atoms with Gasteiger partial charge in [-0.15, -0.1) is 0 Å². The lowest BCUT2D eigenvalue weighted by Crippen LogP contribution is -2.66. The minimum atomic E-state index is -2.67. The molecule has 306 valence electrons. The molecule has 3 rings (SSSR count). The lowest BCUT2D eigenvalue weighted by molar-refractivity contribution is -0.207. The zero-order valence-corrected chi connectivity index (χ0v) is 41.4. The molecule has 54 heavy (non-hydrogen) atoms. The Labute approximate surface area is 335 Å². The summed E-state index contributed by atoms with van der Waals surface area (Å²) in [6, 6.07) is 21.5. The fourth-order valence-electron chi connectivity index (χ4n) is 6.34. The van der Waals surface area contributed by atoms with E-state index in [1.807, 2.05) is 6.08 Å². The van der Waals surface area contributed by atoms with Gasteiger partial charge in [-0.1, -0.05) is 156 Å². The van der Waals surface area contributed by atoms with Crippen molar-refractivity contribution >= 4 is 43.6 Å². The molecule has 0 spiro atoms. The van der Waals surface area contributed by atoms with Gasteiger partial charge in [-0.05, 0) is 76.2 Å². The summed E-state index contributed by atoms with van der Waals surface area (Å²) in [5, 5.41) is 14.7. The topological polar surface area (TPSA) is 66.4 Å². The first-order chi connectivity index (χ1) is 24.5. The average Bonchev–Trinajstić information content (AvgIpc) is 3.03. The molecule has 1 fully saturated rings. The second-order valence-electron chi connectivity index (χ2n) is 21.1. The molecule has 10 heteroatoms. The highest BCUT2D eigenvalue weighted by Crippen LogP contribution is 2.44. The maximum Gasteiger partial charge on any atom is 0.261 e. The van der Waals surface area contributed by atoms with E-state index in [-0.39, 0.29) is 20.2 Å². The van der Waals surface area contributed by atoms with Crippen molar-refractivity contribution in [2.24, 2.45) is 0 Å². The van der Waals surface area contributed by atoms with E-state index in [9.17, 15) is 5.11 Å². The van der Waals surface area contributed by atoms with Crippen molar-refractivity contribution in [1.29, 1.82) is 0 Å². The molecule has 0 saturated carbocycles. The van der Waals surface area contributed by atoms with Crippen LogP contribution >= 0.6 is 0 Å². The number of rotatable bonds is 14. The van der Waals surface area contributed by atoms with E-state index in [1.54, 1.807) is 0 Å². The van der Waals surface area contributed by atoms with Gasteiger partial charge in [-0.3, -0.25) is 0 Å². The van der Waals surface area contributed by atoms with Crippen LogP contribution in [0, 0.1) is 0 Å². The first-order valence-corrected chi connectivity index (χ1v) is 30.9. The SMILES string of the molecule is CC(C)(C)[Si](C)(C)OC[C@H]1O[C@H](/C=C/CCO[Si](c2ccccc2)(c2ccccc2)C(C)(C)C)[C@H](O)[C@@H](O[Si](C)(C)C(C)(C)C)[C@@H]1O[Si](C)(C)C(C)(C)C. The van der Waals surface area contributed by atoms with Crippen molar-refractivity contribution in [2.45, 2.75) is 179 Å². The Morgan fingerprint density at radius 1 is 0.593 bits per heavy atom. The Balaban J connectivity index is 2.01. The molecule has 5 atom stereocenters. The van der Waals surface area contributed by atoms with Crippen LogP contribution in [0.3, 0.4) is 0 Å². The van der Waals surface area contributed by atoms with Crippen molar-refractivity contribution in [3.63, 3.8) is 0 Å². The molecular weight excluding hydrogens is 737 g/mol. The van der Waals surface area contributed by atoms with Gasteiger partial charge in [0.05, 0.1) is 6.61 Å². The van der Waals surface area contributed by atoms with Gasteiger partial charge in [0.2, 0.25) is 0 Å². The molecule has 0 aromatic heterocycles. The largest absolute Gasteiger partial charge is 0.414 e. The molecule has 0 amide bonds. The van der Waals surface area contributed by atoms with Crippen LogP contribution in [-0.2, 0) is 22.4 Å². The quantitative estimate of drug-likeness (QED) is 0.116. The maximum atomic E-state index is 12.3. The molecular formula is C44H78O6Si4. The number of hydrogen-bond donors (Lipinski definition) is 1. The van der Waals surface area contributed by atoms with Gasteiger partial charge in [-0.25, -0.2) is 0 Å². The number of aliphatic hydroxyl groups excluding tert-OH is 1. The fraction of sp³-hybridized carbons (Fsp3) is 0.682. The Morgan fingerprint density at radius 2 is 1.02 bits per heavy atom. The zero-order valence-electron chi connectivity index (χ0n) is 37.4. The highest BCUT2D eigenvalue weighted by molar-refractivity contribution is 6.99. The fourth-order valence-corrected chi connectivity index (χ4v) is 14.6. The monoisotopic (exact) mass is 814 g/mol. The predicted molar refractivity (Wildman–Crippen MR) is 239 cm³/mol. The number of hydrogen-bond acceptors (Lipinski definition) is 6. The molecule has 2 aromatic rings. The Kier molecular flexibility index (Phi) is 15.2. The van der Waals surface area contributed by atoms with Gasteiger partial charge >= 0.3 is 0 Å². The summed E-state index contributed by atoms with van der Waals surface area (Å²) in [6.45, 7) is 41.7. The van der Waals surface area contributed by atoms with E-state index in [4.69, 9.17) is 22.4 Å². The Hall–Kier alpha value is -1.19. The van der Waals surface area contributed by atoms with E-state index >= 15 is 0 Å². The first kappa shape index (κ1) is 47.2. The first-order valence-electron chi connectivity index (χ1n) is 20.2. The van der Waals surface area contributed by atoms with Gasteiger partial charge in [0.1, 0.15) is 30.5 Å². The summed E-state index contributed by atoms with van der Waals surface area (Å²) in [6.07, 6.45) is 1.90. The van der Waals surface area contributed by atoms with Crippen LogP contribution in [0.25, 0.3) is 0 Å². The third-order valence-corrected chi connectivity index (χ3v) is 31.4. The standard InChI is InChI=1S/C44H78O6Si4/c1-41(2,3)51(13,14)47-33-37-39(49-52(15,16)42(4,5)6)40(50-53(17,18)43(7,8)9)38(45)36(48-37)31-25-26-32-46-54(44(10,11)12,34-27-21-19-22-28-34)35-29-23-20-24-30-35/h19-25,27-31,36-40,45H,26,32-33H2,1-18H3/b31-25+/t36-,37-,38+,39-,40-/m1/s1. The van der Waals surface area contributed by atoms with Gasteiger partial charge in [0.15, 0.2) is 25.0 Å². The summed E-state index contributed by atoms with van der Waals surface area (Å²) in [4.78, 5) is 0. The second-order valence-corrected chi connectivity index (χ2v) is 39.7. The van der Waals surface area contributed by atoms with Crippen molar-refractivity contribution in [1.82, 2.24) is 0 Å². The van der Waals surface area contributed by atoms with Crippen LogP contribution in [0.5, 0.6) is 0 Å². The molecule has 0 unspecified atom stereocenters. The molecule has 1 saturated heterocycles. The molecule has 1 heterocycles. The van der Waals surface area contributed by atoms with Crippen molar-refractivity contribution < 1.29 is 27.5 Å². The Bertz CT molecular complexity index is 1440. The number of aliphatic hydroxyl groups is 1. The highest BCUT2D eigenvalue weighted by Gasteiger charge is 2.54. The van der Waals surface area contributed by atoms with Gasteiger partial charge in [0, 0.05) is 6.61 Å². The summed E-state index contributed by atoms with van der Waals surface area (Å²) in [5.41, 5.74) is 0. The van der Waals surface area contributed by atoms with Crippen LogP contribution in [-0.4, -0.2) is 82.1 Å². The maximum absolute atomic E-state index is 12.3. The third kappa shape index (κ3) is 10.8. The lowest BCUT2D eigenvalue weighted by atomic mass is 9.95. The molecule has 2 aromatic carbocycles. The van der Waals surface area contributed by atoms with E-state index in [2.05, 4.69) is 189 Å². The normalized spacial score (nSPS) is 22.9. The molecule has 0 bridgehead atoms. The average molecular weight is 815 g/mol. The summed E-state index contributed by atoms with van der Waals surface area (Å²) in [5.74, 6) is 0. The lowest BCUT2D eigenvalue weighted by Gasteiger charge is -2.52. The molecule has 6 nitrogen and oxygen atoms in total. The van der Waals surface area contributed by atoms with Gasteiger partial charge in [-0.2, -0.15) is 0 Å². The van der Waals surface area contributed by atoms with Crippen LogP contribution in [0.1, 0.15) is 89.5 Å². The summed E-state index contributed by atoms with van der Waals surface area (Å²) < 4.78 is 35.4. The van der Waals surface area contributed by atoms with Crippen LogP contribution in [0.15, 0.2) is 72.8 Å². The third-order valence-electron chi connectivity index (χ3n) is 12.9. The summed E-state index contributed by atoms with van der Waals surface area (Å²) in [7, 11) is -9.45. The van der Waals surface area contributed by atoms with Crippen molar-refractivity contribution in [3.05, 3.63) is 72.8 Å². The molecule has 0 radical (unpaired) electrons. The molecule has 1 N–H and O–H groups in total. The van der Waals surface area contributed by atoms with Crippen LogP contribution in [0.4, 0.5) is 0 Å². The minimum absolute atomic E-state index is 0.0356. The molecule has 1 aliphatic heterocycles. The van der Waals surface area contributed by atoms with E-state index in [0.29, 0.717) is 19.6 Å². The van der Waals surface area contributed by atoms with E-state index in [1.165, 1.54) is 10.4 Å². The van der Waals surface area contributed by atoms with Gasteiger partial charge in [0.25, 0.3) is 8.32 Å². The van der Waals surface area contributed by atoms with Crippen LogP contribution in [0.2, 0.25) is 59.4 Å². The smallest absolute Gasteiger partial charge is 0.261 e. The van der Waals surface area contributed by atoms with Gasteiger partial charge < -0.3 is 27.5 Å². The second kappa shape index (κ2) is 17.3. The minimum Gasteiger partial charge on any atom is -0.414 e. The number of benzene rings is 2. The zero-order chi connectivity index (χ0) is 41.2. The summed E-state index contributed by atoms with van der Waals surface area (Å²) >= 11 is 0. The predicted octanol–water partition coefficient (Wildman–Crippen LogP) is 10.4. The number of ether oxygens (including phenoxy) is 1. The molecule has 0 aliphatic carbocycles. The van der Waals surface area contributed by atoms with Crippen molar-refractivity contribution in [3.8, 4) is 0 Å². The Morgan fingerprint density at radius 3 is 1.43 bits per heavy atom. The highest BCUT2D eigenvalue weighted by atomic mass is 28.4. The van der Waals surface area contributed by atoms with E-state index < -0.39 is 63.8 Å². The van der Waals surface area contributed by atoms with Crippen LogP contribution < -0.4 is 10.4 Å².